The Morgan fingerprint density at radius 1 is 1.37 bits per heavy atom. The molecule has 0 saturated carbocycles. The molecule has 1 aliphatic rings. The van der Waals surface area contributed by atoms with Crippen LogP contribution in [-0.4, -0.2) is 37.2 Å². The van der Waals surface area contributed by atoms with E-state index in [-0.39, 0.29) is 24.3 Å². The maximum absolute atomic E-state index is 12.6. The summed E-state index contributed by atoms with van der Waals surface area (Å²) in [5.74, 6) is 0.609. The highest BCUT2D eigenvalue weighted by Gasteiger charge is 2.27. The van der Waals surface area contributed by atoms with Gasteiger partial charge in [0.05, 0.1) is 5.69 Å². The van der Waals surface area contributed by atoms with Crippen LogP contribution in [0.2, 0.25) is 0 Å². The summed E-state index contributed by atoms with van der Waals surface area (Å²) in [7, 11) is 1.51. The number of ether oxygens (including phenoxy) is 1. The second-order valence-electron chi connectivity index (χ2n) is 6.92. The van der Waals surface area contributed by atoms with E-state index in [1.165, 1.54) is 7.11 Å². The summed E-state index contributed by atoms with van der Waals surface area (Å²) in [5.41, 5.74) is 4.39. The Morgan fingerprint density at radius 3 is 2.81 bits per heavy atom. The number of methoxy groups -OCH3 is 1. The van der Waals surface area contributed by atoms with Crippen LogP contribution in [0.3, 0.4) is 0 Å². The van der Waals surface area contributed by atoms with Gasteiger partial charge in [-0.1, -0.05) is 18.1 Å². The van der Waals surface area contributed by atoms with Crippen LogP contribution >= 0.6 is 0 Å². The zero-order valence-corrected chi connectivity index (χ0v) is 16.2. The SMILES string of the molecule is COCC(=O)N1CCc2c(NC(=O)CC(C)c3c(C)noc3C)cccc21. The number of fused-ring (bicyclic) bond motifs is 1. The van der Waals surface area contributed by atoms with Crippen LogP contribution in [0.1, 0.15) is 41.8 Å². The number of carbonyl (C=O) groups excluding carboxylic acids is 2. The van der Waals surface area contributed by atoms with E-state index in [9.17, 15) is 9.59 Å². The number of hydrogen-bond acceptors (Lipinski definition) is 5. The molecule has 0 bridgehead atoms. The molecule has 2 aromatic rings. The Morgan fingerprint density at radius 2 is 2.15 bits per heavy atom. The number of aromatic nitrogens is 1. The lowest BCUT2D eigenvalue weighted by molar-refractivity contribution is -0.122. The second-order valence-corrected chi connectivity index (χ2v) is 6.92. The number of aryl methyl sites for hydroxylation is 2. The molecule has 2 amide bonds. The first-order chi connectivity index (χ1) is 12.9. The number of rotatable bonds is 6. The van der Waals surface area contributed by atoms with Crippen LogP contribution in [0, 0.1) is 13.8 Å². The van der Waals surface area contributed by atoms with Crippen LogP contribution in [0.25, 0.3) is 0 Å². The second kappa shape index (κ2) is 7.92. The molecule has 0 spiro atoms. The number of benzene rings is 1. The van der Waals surface area contributed by atoms with Gasteiger partial charge in [0.1, 0.15) is 12.4 Å². The molecule has 7 nitrogen and oxygen atoms in total. The van der Waals surface area contributed by atoms with E-state index >= 15 is 0 Å². The first-order valence-corrected chi connectivity index (χ1v) is 9.06. The molecule has 1 aromatic heterocycles. The van der Waals surface area contributed by atoms with Gasteiger partial charge in [-0.25, -0.2) is 0 Å². The number of amides is 2. The van der Waals surface area contributed by atoms with Gasteiger partial charge in [-0.2, -0.15) is 0 Å². The third kappa shape index (κ3) is 3.88. The Kier molecular flexibility index (Phi) is 5.60. The van der Waals surface area contributed by atoms with Crippen molar-refractivity contribution in [2.45, 2.75) is 39.5 Å². The molecule has 1 N–H and O–H groups in total. The van der Waals surface area contributed by atoms with Crippen LogP contribution < -0.4 is 10.2 Å². The highest BCUT2D eigenvalue weighted by Crippen LogP contribution is 2.34. The third-order valence-electron chi connectivity index (χ3n) is 4.94. The maximum Gasteiger partial charge on any atom is 0.252 e. The molecule has 144 valence electrons. The molecule has 7 heteroatoms. The van der Waals surface area contributed by atoms with E-state index < -0.39 is 0 Å². The molecule has 0 saturated heterocycles. The Hall–Kier alpha value is -2.67. The first-order valence-electron chi connectivity index (χ1n) is 9.06. The molecule has 0 fully saturated rings. The van der Waals surface area contributed by atoms with Gasteiger partial charge in [-0.05, 0) is 38.3 Å². The predicted octanol–water partition coefficient (Wildman–Crippen LogP) is 2.96. The highest BCUT2D eigenvalue weighted by atomic mass is 16.5. The topological polar surface area (TPSA) is 84.7 Å². The minimum atomic E-state index is -0.0771. The monoisotopic (exact) mass is 371 g/mol. The summed E-state index contributed by atoms with van der Waals surface area (Å²) in [4.78, 5) is 26.5. The lowest BCUT2D eigenvalue weighted by Gasteiger charge is -2.18. The number of anilines is 2. The van der Waals surface area contributed by atoms with E-state index in [0.717, 1.165) is 34.0 Å². The number of hydrogen-bond donors (Lipinski definition) is 1. The fraction of sp³-hybridized carbons (Fsp3) is 0.450. The molecule has 1 unspecified atom stereocenters. The van der Waals surface area contributed by atoms with Crippen molar-refractivity contribution in [3.8, 4) is 0 Å². The average Bonchev–Trinajstić information content (AvgIpc) is 3.19. The zero-order valence-electron chi connectivity index (χ0n) is 16.2. The molecule has 3 rings (SSSR count). The van der Waals surface area contributed by atoms with Gasteiger partial charge in [-0.15, -0.1) is 0 Å². The van der Waals surface area contributed by atoms with Crippen molar-refractivity contribution < 1.29 is 18.8 Å². The summed E-state index contributed by atoms with van der Waals surface area (Å²) in [6.45, 7) is 6.38. The fourth-order valence-electron chi connectivity index (χ4n) is 3.79. The first kappa shape index (κ1) is 19.1. The summed E-state index contributed by atoms with van der Waals surface area (Å²) in [6, 6.07) is 5.63. The van der Waals surface area contributed by atoms with E-state index in [1.54, 1.807) is 4.90 Å². The molecule has 1 aliphatic heterocycles. The highest BCUT2D eigenvalue weighted by molar-refractivity contribution is 5.99. The Balaban J connectivity index is 1.72. The summed E-state index contributed by atoms with van der Waals surface area (Å²) < 4.78 is 10.2. The van der Waals surface area contributed by atoms with Gasteiger partial charge in [-0.3, -0.25) is 9.59 Å². The van der Waals surface area contributed by atoms with Gasteiger partial charge in [0, 0.05) is 42.6 Å². The van der Waals surface area contributed by atoms with Crippen molar-refractivity contribution in [3.63, 3.8) is 0 Å². The minimum Gasteiger partial charge on any atom is -0.375 e. The molecule has 0 aliphatic carbocycles. The lowest BCUT2D eigenvalue weighted by atomic mass is 9.96. The van der Waals surface area contributed by atoms with Gasteiger partial charge < -0.3 is 19.5 Å². The summed E-state index contributed by atoms with van der Waals surface area (Å²) >= 11 is 0. The van der Waals surface area contributed by atoms with Gasteiger partial charge in [0.15, 0.2) is 0 Å². The number of nitrogens with zero attached hydrogens (tertiary/aromatic N) is 2. The van der Waals surface area contributed by atoms with Gasteiger partial charge in [0.2, 0.25) is 5.91 Å². The standard InChI is InChI=1S/C20H25N3O4/c1-12(20-13(2)22-27-14(20)3)10-18(24)21-16-6-5-7-17-15(16)8-9-23(17)19(25)11-26-4/h5-7,12H,8-11H2,1-4H3,(H,21,24). The van der Waals surface area contributed by atoms with E-state index in [2.05, 4.69) is 10.5 Å². The molecular formula is C20H25N3O4. The molecule has 1 atom stereocenters. The van der Waals surface area contributed by atoms with Gasteiger partial charge in [0.25, 0.3) is 5.91 Å². The normalized spacial score (nSPS) is 14.1. The predicted molar refractivity (Wildman–Crippen MR) is 102 cm³/mol. The average molecular weight is 371 g/mol. The van der Waals surface area contributed by atoms with Crippen LogP contribution in [0.5, 0.6) is 0 Å². The largest absolute Gasteiger partial charge is 0.375 e. The summed E-state index contributed by atoms with van der Waals surface area (Å²) in [6.07, 6.45) is 1.04. The van der Waals surface area contributed by atoms with Crippen molar-refractivity contribution in [1.82, 2.24) is 5.16 Å². The smallest absolute Gasteiger partial charge is 0.252 e. The molecule has 2 heterocycles. The lowest BCUT2D eigenvalue weighted by Crippen LogP contribution is -2.31. The molecular weight excluding hydrogens is 346 g/mol. The van der Waals surface area contributed by atoms with Crippen molar-refractivity contribution in [2.75, 3.05) is 30.5 Å². The van der Waals surface area contributed by atoms with E-state index in [1.807, 2.05) is 39.0 Å². The third-order valence-corrected chi connectivity index (χ3v) is 4.94. The van der Waals surface area contributed by atoms with E-state index in [0.29, 0.717) is 19.4 Å². The van der Waals surface area contributed by atoms with Crippen LogP contribution in [0.4, 0.5) is 11.4 Å². The van der Waals surface area contributed by atoms with Crippen molar-refractivity contribution in [1.29, 1.82) is 0 Å². The maximum atomic E-state index is 12.6. The fourth-order valence-corrected chi connectivity index (χ4v) is 3.79. The van der Waals surface area contributed by atoms with Gasteiger partial charge >= 0.3 is 0 Å². The molecule has 0 radical (unpaired) electrons. The number of carbonyl (C=O) groups is 2. The zero-order chi connectivity index (χ0) is 19.6. The van der Waals surface area contributed by atoms with Crippen molar-refractivity contribution in [3.05, 3.63) is 40.8 Å². The van der Waals surface area contributed by atoms with Crippen molar-refractivity contribution in [2.24, 2.45) is 0 Å². The Labute approximate surface area is 158 Å². The molecule has 1 aromatic carbocycles. The van der Waals surface area contributed by atoms with Crippen LogP contribution in [0.15, 0.2) is 22.7 Å². The van der Waals surface area contributed by atoms with Crippen LogP contribution in [-0.2, 0) is 20.7 Å². The molecule has 27 heavy (non-hydrogen) atoms. The minimum absolute atomic E-state index is 0.00721. The number of nitrogens with one attached hydrogen (secondary N) is 1. The van der Waals surface area contributed by atoms with E-state index in [4.69, 9.17) is 9.26 Å². The summed E-state index contributed by atoms with van der Waals surface area (Å²) in [5, 5.41) is 6.97. The van der Waals surface area contributed by atoms with Crippen molar-refractivity contribution >= 4 is 23.2 Å². The Bertz CT molecular complexity index is 839. The quantitative estimate of drug-likeness (QED) is 0.844.